The Kier molecular flexibility index (Phi) is 4.88. The van der Waals surface area contributed by atoms with E-state index in [2.05, 4.69) is 10.6 Å². The van der Waals surface area contributed by atoms with Crippen LogP contribution in [0.3, 0.4) is 0 Å². The molecular weight excluding hydrogens is 374 g/mol. The number of urea groups is 1. The van der Waals surface area contributed by atoms with E-state index in [1.165, 1.54) is 6.42 Å². The summed E-state index contributed by atoms with van der Waals surface area (Å²) in [6, 6.07) is 5.00. The van der Waals surface area contributed by atoms with Gasteiger partial charge in [-0.15, -0.1) is 0 Å². The van der Waals surface area contributed by atoms with Crippen LogP contribution in [0.25, 0.3) is 0 Å². The van der Waals surface area contributed by atoms with Gasteiger partial charge in [-0.1, -0.05) is 6.42 Å². The first-order valence-electron chi connectivity index (χ1n) is 10.2. The molecule has 29 heavy (non-hydrogen) atoms. The van der Waals surface area contributed by atoms with Crippen molar-refractivity contribution in [3.63, 3.8) is 0 Å². The number of carbonyl (C=O) groups is 3. The van der Waals surface area contributed by atoms with Gasteiger partial charge in [0.15, 0.2) is 11.5 Å². The molecule has 1 aromatic rings. The maximum Gasteiger partial charge on any atom is 0.325 e. The Labute approximate surface area is 169 Å². The van der Waals surface area contributed by atoms with E-state index >= 15 is 0 Å². The van der Waals surface area contributed by atoms with Gasteiger partial charge in [-0.2, -0.15) is 0 Å². The smallest absolute Gasteiger partial charge is 0.325 e. The number of rotatable bonds is 5. The number of fused-ring (bicyclic) bond motifs is 1. The lowest BCUT2D eigenvalue weighted by Gasteiger charge is -2.31. The molecule has 0 aromatic heterocycles. The van der Waals surface area contributed by atoms with Crippen LogP contribution in [0.4, 0.5) is 10.5 Å². The average Bonchev–Trinajstić information content (AvgIpc) is 3.10. The van der Waals surface area contributed by atoms with Gasteiger partial charge in [0.2, 0.25) is 5.91 Å². The lowest BCUT2D eigenvalue weighted by molar-refractivity contribution is -0.130. The fourth-order valence-electron chi connectivity index (χ4n) is 4.11. The highest BCUT2D eigenvalue weighted by atomic mass is 16.7. The summed E-state index contributed by atoms with van der Waals surface area (Å²) in [6.45, 7) is 3.54. The summed E-state index contributed by atoms with van der Waals surface area (Å²) in [4.78, 5) is 37.5. The van der Waals surface area contributed by atoms with Gasteiger partial charge in [0.25, 0.3) is 11.7 Å². The van der Waals surface area contributed by atoms with E-state index in [-0.39, 0.29) is 24.8 Å². The van der Waals surface area contributed by atoms with E-state index in [4.69, 9.17) is 9.47 Å². The second-order valence-corrected chi connectivity index (χ2v) is 8.50. The molecule has 3 aliphatic rings. The van der Waals surface area contributed by atoms with Crippen molar-refractivity contribution in [1.29, 1.82) is 0 Å². The normalized spacial score (nSPS) is 21.4. The first-order chi connectivity index (χ1) is 13.8. The monoisotopic (exact) mass is 401 g/mol. The summed E-state index contributed by atoms with van der Waals surface area (Å²) in [5, 5.41) is 5.48. The Balaban J connectivity index is 1.28. The predicted octanol–water partition coefficient (Wildman–Crippen LogP) is 3.17. The molecule has 0 bridgehead atoms. The molecule has 0 unspecified atom stereocenters. The van der Waals surface area contributed by atoms with Crippen LogP contribution in [0.15, 0.2) is 18.2 Å². The summed E-state index contributed by atoms with van der Waals surface area (Å²) < 4.78 is 12.1. The number of amides is 4. The van der Waals surface area contributed by atoms with Crippen LogP contribution in [0, 0.1) is 0 Å². The van der Waals surface area contributed by atoms with Gasteiger partial charge < -0.3 is 20.1 Å². The Morgan fingerprint density at radius 2 is 1.86 bits per heavy atom. The van der Waals surface area contributed by atoms with Gasteiger partial charge in [0, 0.05) is 37.6 Å². The van der Waals surface area contributed by atoms with E-state index < -0.39 is 17.4 Å². The number of imide groups is 1. The largest absolute Gasteiger partial charge is 0.448 e. The number of nitrogens with one attached hydrogen (secondary N) is 2. The van der Waals surface area contributed by atoms with Crippen molar-refractivity contribution in [3.05, 3.63) is 18.2 Å². The Bertz CT molecular complexity index is 845. The van der Waals surface area contributed by atoms with Gasteiger partial charge >= 0.3 is 6.03 Å². The third-order valence-electron chi connectivity index (χ3n) is 5.66. The van der Waals surface area contributed by atoms with Crippen molar-refractivity contribution >= 4 is 23.5 Å². The fourth-order valence-corrected chi connectivity index (χ4v) is 4.11. The second-order valence-electron chi connectivity index (χ2n) is 8.50. The van der Waals surface area contributed by atoms with Crippen molar-refractivity contribution < 1.29 is 23.9 Å². The Hall–Kier alpha value is -2.77. The van der Waals surface area contributed by atoms with Gasteiger partial charge in [-0.25, -0.2) is 4.79 Å². The molecule has 2 fully saturated rings. The van der Waals surface area contributed by atoms with Crippen molar-refractivity contribution in [2.75, 3.05) is 11.9 Å². The van der Waals surface area contributed by atoms with E-state index in [1.807, 2.05) is 6.07 Å². The standard InChI is InChI=1S/C21H27N3O5/c1-20(2)18(26)24(19(27)23-20)12-6-7-17(25)22-14-8-9-15-16(13-14)29-21(28-15)10-4-3-5-11-21/h8-9,13H,3-7,10-12H2,1-2H3,(H,22,25)(H,23,27). The van der Waals surface area contributed by atoms with Crippen LogP contribution in [0.2, 0.25) is 0 Å². The number of nitrogens with zero attached hydrogens (tertiary/aromatic N) is 1. The number of anilines is 1. The van der Waals surface area contributed by atoms with Crippen LogP contribution in [0.5, 0.6) is 11.5 Å². The van der Waals surface area contributed by atoms with Crippen molar-refractivity contribution in [1.82, 2.24) is 10.2 Å². The molecule has 2 aliphatic heterocycles. The molecule has 4 amide bonds. The quantitative estimate of drug-likeness (QED) is 0.739. The van der Waals surface area contributed by atoms with Crippen LogP contribution in [-0.4, -0.2) is 40.6 Å². The third-order valence-corrected chi connectivity index (χ3v) is 5.66. The minimum Gasteiger partial charge on any atom is -0.448 e. The molecule has 2 heterocycles. The molecule has 4 rings (SSSR count). The zero-order valence-electron chi connectivity index (χ0n) is 16.9. The molecule has 1 aliphatic carbocycles. The molecule has 1 saturated carbocycles. The van der Waals surface area contributed by atoms with Crippen molar-refractivity contribution in [3.8, 4) is 11.5 Å². The predicted molar refractivity (Wildman–Crippen MR) is 106 cm³/mol. The molecule has 156 valence electrons. The summed E-state index contributed by atoms with van der Waals surface area (Å²) in [7, 11) is 0. The average molecular weight is 401 g/mol. The molecule has 1 saturated heterocycles. The molecular formula is C21H27N3O5. The Morgan fingerprint density at radius 3 is 2.55 bits per heavy atom. The number of carbonyl (C=O) groups excluding carboxylic acids is 3. The van der Waals surface area contributed by atoms with E-state index in [1.54, 1.807) is 26.0 Å². The fraction of sp³-hybridized carbons (Fsp3) is 0.571. The van der Waals surface area contributed by atoms with Crippen LogP contribution in [-0.2, 0) is 9.59 Å². The van der Waals surface area contributed by atoms with E-state index in [9.17, 15) is 14.4 Å². The molecule has 8 heteroatoms. The summed E-state index contributed by atoms with van der Waals surface area (Å²) in [6.07, 6.45) is 5.74. The SMILES string of the molecule is CC1(C)NC(=O)N(CCCC(=O)Nc2ccc3c(c2)OC2(CCCCC2)O3)C1=O. The van der Waals surface area contributed by atoms with Gasteiger partial charge in [-0.05, 0) is 45.2 Å². The zero-order chi connectivity index (χ0) is 20.6. The highest BCUT2D eigenvalue weighted by Gasteiger charge is 2.44. The minimum atomic E-state index is -0.887. The van der Waals surface area contributed by atoms with Crippen LogP contribution < -0.4 is 20.1 Å². The number of benzene rings is 1. The summed E-state index contributed by atoms with van der Waals surface area (Å²) in [5.74, 6) is 0.384. The molecule has 8 nitrogen and oxygen atoms in total. The number of ether oxygens (including phenoxy) is 2. The summed E-state index contributed by atoms with van der Waals surface area (Å²) >= 11 is 0. The number of hydrogen-bond acceptors (Lipinski definition) is 5. The second kappa shape index (κ2) is 7.24. The van der Waals surface area contributed by atoms with Gasteiger partial charge in [-0.3, -0.25) is 14.5 Å². The first-order valence-corrected chi connectivity index (χ1v) is 10.2. The van der Waals surface area contributed by atoms with Crippen LogP contribution in [0.1, 0.15) is 58.8 Å². The highest BCUT2D eigenvalue weighted by molar-refractivity contribution is 6.06. The molecule has 1 spiro atoms. The van der Waals surface area contributed by atoms with Crippen molar-refractivity contribution in [2.45, 2.75) is 70.1 Å². The maximum absolute atomic E-state index is 12.3. The van der Waals surface area contributed by atoms with E-state index in [0.29, 0.717) is 23.6 Å². The maximum atomic E-state index is 12.3. The molecule has 0 radical (unpaired) electrons. The first kappa shape index (κ1) is 19.5. The lowest BCUT2D eigenvalue weighted by atomic mass is 9.94. The number of hydrogen-bond donors (Lipinski definition) is 2. The Morgan fingerprint density at radius 1 is 1.14 bits per heavy atom. The van der Waals surface area contributed by atoms with Crippen molar-refractivity contribution in [2.24, 2.45) is 0 Å². The highest BCUT2D eigenvalue weighted by Crippen LogP contribution is 2.46. The third kappa shape index (κ3) is 3.88. The molecule has 2 N–H and O–H groups in total. The van der Waals surface area contributed by atoms with Gasteiger partial charge in [0.1, 0.15) is 5.54 Å². The molecule has 0 atom stereocenters. The lowest BCUT2D eigenvalue weighted by Crippen LogP contribution is -2.40. The minimum absolute atomic E-state index is 0.178. The summed E-state index contributed by atoms with van der Waals surface area (Å²) in [5.41, 5.74) is -0.247. The molecule has 1 aromatic carbocycles. The van der Waals surface area contributed by atoms with Gasteiger partial charge in [0.05, 0.1) is 0 Å². The topological polar surface area (TPSA) is 97.0 Å². The zero-order valence-corrected chi connectivity index (χ0v) is 16.9. The van der Waals surface area contributed by atoms with E-state index in [0.717, 1.165) is 30.6 Å². The van der Waals surface area contributed by atoms with Crippen LogP contribution >= 0.6 is 0 Å².